The van der Waals surface area contributed by atoms with Crippen LogP contribution in [-0.4, -0.2) is 11.1 Å². The molecule has 0 aliphatic carbocycles. The lowest BCUT2D eigenvalue weighted by molar-refractivity contribution is 0.420. The van der Waals surface area contributed by atoms with Crippen molar-refractivity contribution in [2.24, 2.45) is 11.8 Å². The van der Waals surface area contributed by atoms with Gasteiger partial charge in [0.2, 0.25) is 0 Å². The molecule has 0 spiro atoms. The molecule has 16 heavy (non-hydrogen) atoms. The first-order chi connectivity index (χ1) is 7.54. The van der Waals surface area contributed by atoms with Crippen LogP contribution in [-0.2, 0) is 6.54 Å². The average Bonchev–Trinajstić information content (AvgIpc) is 2.60. The van der Waals surface area contributed by atoms with Crippen molar-refractivity contribution in [2.75, 3.05) is 6.54 Å². The normalized spacial score (nSPS) is 13.7. The molecular formula is C14H26N2. The van der Waals surface area contributed by atoms with Crippen LogP contribution in [0.3, 0.4) is 0 Å². The van der Waals surface area contributed by atoms with Crippen LogP contribution in [0.4, 0.5) is 0 Å². The molecule has 0 amide bonds. The van der Waals surface area contributed by atoms with Gasteiger partial charge in [-0.15, -0.1) is 0 Å². The molecule has 0 radical (unpaired) electrons. The van der Waals surface area contributed by atoms with Gasteiger partial charge in [0, 0.05) is 25.0 Å². The summed E-state index contributed by atoms with van der Waals surface area (Å²) in [5.41, 5.74) is 1.41. The third-order valence-electron chi connectivity index (χ3n) is 2.80. The zero-order valence-corrected chi connectivity index (χ0v) is 11.3. The maximum Gasteiger partial charge on any atom is 0.0358 e. The van der Waals surface area contributed by atoms with E-state index in [-0.39, 0.29) is 0 Å². The van der Waals surface area contributed by atoms with Crippen molar-refractivity contribution in [3.63, 3.8) is 0 Å². The fourth-order valence-corrected chi connectivity index (χ4v) is 2.14. The number of aromatic nitrogens is 1. The molecule has 1 heterocycles. The molecule has 2 heteroatoms. The summed E-state index contributed by atoms with van der Waals surface area (Å²) in [6.45, 7) is 13.4. The van der Waals surface area contributed by atoms with E-state index in [1.54, 1.807) is 0 Å². The van der Waals surface area contributed by atoms with Gasteiger partial charge in [-0.25, -0.2) is 0 Å². The van der Waals surface area contributed by atoms with Crippen molar-refractivity contribution < 1.29 is 0 Å². The highest BCUT2D eigenvalue weighted by Crippen LogP contribution is 2.22. The quantitative estimate of drug-likeness (QED) is 0.780. The van der Waals surface area contributed by atoms with E-state index in [1.807, 2.05) is 0 Å². The second-order valence-corrected chi connectivity index (χ2v) is 5.31. The van der Waals surface area contributed by atoms with Gasteiger partial charge in [-0.3, -0.25) is 0 Å². The molecule has 92 valence electrons. The van der Waals surface area contributed by atoms with E-state index in [4.69, 9.17) is 0 Å². The van der Waals surface area contributed by atoms with E-state index < -0.39 is 0 Å². The molecule has 0 bridgehead atoms. The standard InChI is InChI=1S/C14H26N2/c1-6-15-14(12(4)5)13-7-8-16(10-13)9-11(2)3/h7-8,10-12,14-15H,6,9H2,1-5H3. The largest absolute Gasteiger partial charge is 0.354 e. The lowest BCUT2D eigenvalue weighted by atomic mass is 9.98. The first kappa shape index (κ1) is 13.3. The van der Waals surface area contributed by atoms with Gasteiger partial charge < -0.3 is 9.88 Å². The Balaban J connectivity index is 2.73. The van der Waals surface area contributed by atoms with Crippen LogP contribution in [0.25, 0.3) is 0 Å². The summed E-state index contributed by atoms with van der Waals surface area (Å²) in [5.74, 6) is 1.34. The Morgan fingerprint density at radius 3 is 2.44 bits per heavy atom. The molecule has 1 aromatic rings. The molecule has 1 N–H and O–H groups in total. The topological polar surface area (TPSA) is 17.0 Å². The zero-order valence-electron chi connectivity index (χ0n) is 11.3. The van der Waals surface area contributed by atoms with E-state index in [0.717, 1.165) is 13.1 Å². The van der Waals surface area contributed by atoms with Crippen molar-refractivity contribution in [2.45, 2.75) is 47.2 Å². The molecule has 0 aromatic carbocycles. The Hall–Kier alpha value is -0.760. The minimum absolute atomic E-state index is 0.485. The average molecular weight is 222 g/mol. The number of nitrogens with zero attached hydrogens (tertiary/aromatic N) is 1. The molecule has 1 unspecified atom stereocenters. The van der Waals surface area contributed by atoms with Gasteiger partial charge in [0.15, 0.2) is 0 Å². The molecule has 1 rings (SSSR count). The molecule has 0 saturated heterocycles. The fraction of sp³-hybridized carbons (Fsp3) is 0.714. The summed E-state index contributed by atoms with van der Waals surface area (Å²) >= 11 is 0. The van der Waals surface area contributed by atoms with Crippen molar-refractivity contribution in [1.82, 2.24) is 9.88 Å². The van der Waals surface area contributed by atoms with E-state index in [9.17, 15) is 0 Å². The SMILES string of the molecule is CCNC(c1ccn(CC(C)C)c1)C(C)C. The number of hydrogen-bond donors (Lipinski definition) is 1. The Morgan fingerprint density at radius 2 is 1.94 bits per heavy atom. The van der Waals surface area contributed by atoms with Crippen LogP contribution in [0.1, 0.15) is 46.2 Å². The van der Waals surface area contributed by atoms with Crippen LogP contribution < -0.4 is 5.32 Å². The Morgan fingerprint density at radius 1 is 1.25 bits per heavy atom. The van der Waals surface area contributed by atoms with Gasteiger partial charge in [0.25, 0.3) is 0 Å². The molecule has 2 nitrogen and oxygen atoms in total. The molecule has 0 saturated carbocycles. The van der Waals surface area contributed by atoms with Gasteiger partial charge in [-0.2, -0.15) is 0 Å². The van der Waals surface area contributed by atoms with Gasteiger partial charge in [0.05, 0.1) is 0 Å². The highest BCUT2D eigenvalue weighted by molar-refractivity contribution is 5.16. The van der Waals surface area contributed by atoms with E-state index >= 15 is 0 Å². The number of hydrogen-bond acceptors (Lipinski definition) is 1. The third-order valence-corrected chi connectivity index (χ3v) is 2.80. The van der Waals surface area contributed by atoms with Crippen LogP contribution in [0.2, 0.25) is 0 Å². The van der Waals surface area contributed by atoms with Crippen LogP contribution in [0.15, 0.2) is 18.5 Å². The molecule has 1 aromatic heterocycles. The zero-order chi connectivity index (χ0) is 12.1. The van der Waals surface area contributed by atoms with E-state index in [1.165, 1.54) is 5.56 Å². The van der Waals surface area contributed by atoms with Crippen LogP contribution in [0, 0.1) is 11.8 Å². The lowest BCUT2D eigenvalue weighted by Crippen LogP contribution is -2.25. The Labute approximate surface area is 100 Å². The first-order valence-electron chi connectivity index (χ1n) is 6.43. The lowest BCUT2D eigenvalue weighted by Gasteiger charge is -2.20. The highest BCUT2D eigenvalue weighted by atomic mass is 15.0. The van der Waals surface area contributed by atoms with Crippen molar-refractivity contribution in [3.8, 4) is 0 Å². The molecule has 0 aliphatic heterocycles. The smallest absolute Gasteiger partial charge is 0.0358 e. The minimum atomic E-state index is 0.485. The summed E-state index contributed by atoms with van der Waals surface area (Å²) in [6, 6.07) is 2.73. The molecular weight excluding hydrogens is 196 g/mol. The molecule has 1 atom stereocenters. The van der Waals surface area contributed by atoms with Crippen LogP contribution >= 0.6 is 0 Å². The summed E-state index contributed by atoms with van der Waals surface area (Å²) < 4.78 is 2.30. The first-order valence-corrected chi connectivity index (χ1v) is 6.43. The third kappa shape index (κ3) is 3.67. The van der Waals surface area contributed by atoms with Crippen molar-refractivity contribution in [1.29, 1.82) is 0 Å². The van der Waals surface area contributed by atoms with Gasteiger partial charge >= 0.3 is 0 Å². The minimum Gasteiger partial charge on any atom is -0.354 e. The second kappa shape index (κ2) is 6.09. The van der Waals surface area contributed by atoms with Crippen molar-refractivity contribution >= 4 is 0 Å². The van der Waals surface area contributed by atoms with Crippen LogP contribution in [0.5, 0.6) is 0 Å². The van der Waals surface area contributed by atoms with E-state index in [0.29, 0.717) is 17.9 Å². The Bertz CT molecular complexity index is 299. The maximum absolute atomic E-state index is 3.55. The number of rotatable bonds is 6. The summed E-state index contributed by atoms with van der Waals surface area (Å²) in [5, 5.41) is 3.55. The predicted molar refractivity (Wildman–Crippen MR) is 70.5 cm³/mol. The monoisotopic (exact) mass is 222 g/mol. The van der Waals surface area contributed by atoms with E-state index in [2.05, 4.69) is 63.0 Å². The summed E-state index contributed by atoms with van der Waals surface area (Å²) in [4.78, 5) is 0. The summed E-state index contributed by atoms with van der Waals surface area (Å²) in [7, 11) is 0. The number of nitrogens with one attached hydrogen (secondary N) is 1. The molecule has 0 fully saturated rings. The fourth-order valence-electron chi connectivity index (χ4n) is 2.14. The predicted octanol–water partition coefficient (Wildman–Crippen LogP) is 3.45. The second-order valence-electron chi connectivity index (χ2n) is 5.31. The highest BCUT2D eigenvalue weighted by Gasteiger charge is 2.15. The van der Waals surface area contributed by atoms with Gasteiger partial charge in [0.1, 0.15) is 0 Å². The maximum atomic E-state index is 3.55. The van der Waals surface area contributed by atoms with Gasteiger partial charge in [-0.05, 0) is 30.0 Å². The Kier molecular flexibility index (Phi) is 5.07. The molecule has 0 aliphatic rings. The van der Waals surface area contributed by atoms with Gasteiger partial charge in [-0.1, -0.05) is 34.6 Å². The van der Waals surface area contributed by atoms with Crippen molar-refractivity contribution in [3.05, 3.63) is 24.0 Å². The summed E-state index contributed by atoms with van der Waals surface area (Å²) in [6.07, 6.45) is 4.48.